The van der Waals surface area contributed by atoms with Crippen molar-refractivity contribution in [1.82, 2.24) is 0 Å². The summed E-state index contributed by atoms with van der Waals surface area (Å²) in [6, 6.07) is 0. The molecule has 0 aliphatic carbocycles. The van der Waals surface area contributed by atoms with Crippen LogP contribution >= 0.6 is 0 Å². The van der Waals surface area contributed by atoms with Crippen LogP contribution in [0, 0.1) is 0 Å². The largest absolute Gasteiger partial charge is 1.00 e. The van der Waals surface area contributed by atoms with Gasteiger partial charge in [-0.05, 0) is 34.1 Å². The molecular weight excluding hydrogens is 431 g/mol. The van der Waals surface area contributed by atoms with Crippen molar-refractivity contribution in [2.75, 3.05) is 19.8 Å². The van der Waals surface area contributed by atoms with Gasteiger partial charge in [0.1, 0.15) is 10.1 Å². The van der Waals surface area contributed by atoms with E-state index < -0.39 is 15.1 Å². The number of ether oxygens (including phenoxy) is 4. The van der Waals surface area contributed by atoms with E-state index in [0.29, 0.717) is 6.42 Å². The van der Waals surface area contributed by atoms with Crippen molar-refractivity contribution in [3.8, 4) is 0 Å². The van der Waals surface area contributed by atoms with Gasteiger partial charge in [0.2, 0.25) is 0 Å². The van der Waals surface area contributed by atoms with Gasteiger partial charge in [-0.15, -0.1) is 0 Å². The van der Waals surface area contributed by atoms with Gasteiger partial charge in [0.15, 0.2) is 4.93 Å². The Kier molecular flexibility index (Phi) is 20.6. The molecule has 7 nitrogen and oxygen atoms in total. The molecule has 0 aliphatic heterocycles. The Morgan fingerprint density at radius 3 is 1.48 bits per heavy atom. The molecule has 0 N–H and O–H groups in total. The number of hydrogen-bond acceptors (Lipinski definition) is 7. The Morgan fingerprint density at radius 1 is 0.710 bits per heavy atom. The van der Waals surface area contributed by atoms with Crippen LogP contribution in [0.4, 0.5) is 0 Å². The molecule has 0 aliphatic rings. The van der Waals surface area contributed by atoms with Crippen molar-refractivity contribution < 1.29 is 61.5 Å². The number of unbranched alkanes of at least 4 members (excludes halogenated alkanes) is 9. The second-order valence-corrected chi connectivity index (χ2v) is 9.27. The monoisotopic (exact) mass is 474 g/mol. The third kappa shape index (κ3) is 14.6. The molecule has 1 atom stereocenters. The average molecular weight is 475 g/mol. The van der Waals surface area contributed by atoms with Crippen LogP contribution in [0.5, 0.6) is 0 Å². The van der Waals surface area contributed by atoms with Crippen LogP contribution in [0.25, 0.3) is 0 Å². The van der Waals surface area contributed by atoms with Gasteiger partial charge in [-0.1, -0.05) is 64.7 Å². The van der Waals surface area contributed by atoms with Gasteiger partial charge in [-0.25, -0.2) is 8.42 Å². The molecule has 180 valence electrons. The quantitative estimate of drug-likeness (QED) is 0.116. The van der Waals surface area contributed by atoms with Crippen molar-refractivity contribution in [2.45, 2.75) is 110 Å². The predicted molar refractivity (Wildman–Crippen MR) is 118 cm³/mol. The van der Waals surface area contributed by atoms with E-state index >= 15 is 0 Å². The van der Waals surface area contributed by atoms with Crippen molar-refractivity contribution in [3.63, 3.8) is 0 Å². The Balaban J connectivity index is 0. The normalized spacial score (nSPS) is 13.0. The minimum Gasteiger partial charge on any atom is -0.745 e. The molecule has 0 saturated heterocycles. The van der Waals surface area contributed by atoms with E-state index in [4.69, 9.17) is 18.9 Å². The van der Waals surface area contributed by atoms with E-state index in [1.165, 1.54) is 45.4 Å². The third-order valence-electron chi connectivity index (χ3n) is 4.81. The standard InChI is InChI=1S/C22H44O7S.Na/c1-6-10-11-12-13-14-15-16-17-18-19-22(5,30(23,24)25)29-21(28-9-4)20(26-7-2)27-8-3;/h6-19H2,1-5H3,(H,23,24,25);/q;+1/p-1. The van der Waals surface area contributed by atoms with Crippen LogP contribution in [0.2, 0.25) is 0 Å². The van der Waals surface area contributed by atoms with Crippen molar-refractivity contribution >= 4 is 10.1 Å². The first-order chi connectivity index (χ1) is 14.3. The fraction of sp³-hybridized carbons (Fsp3) is 0.909. The van der Waals surface area contributed by atoms with Crippen LogP contribution in [-0.2, 0) is 29.1 Å². The Morgan fingerprint density at radius 2 is 1.10 bits per heavy atom. The van der Waals surface area contributed by atoms with Gasteiger partial charge in [-0.3, -0.25) is 0 Å². The maximum Gasteiger partial charge on any atom is 1.00 e. The molecule has 0 saturated carbocycles. The molecule has 0 aromatic heterocycles. The van der Waals surface area contributed by atoms with Crippen LogP contribution in [0.1, 0.15) is 105 Å². The van der Waals surface area contributed by atoms with Crippen LogP contribution in [-0.4, -0.2) is 37.7 Å². The zero-order chi connectivity index (χ0) is 22.9. The zero-order valence-electron chi connectivity index (χ0n) is 20.7. The molecule has 0 aromatic rings. The second-order valence-electron chi connectivity index (χ2n) is 7.50. The Hall–Kier alpha value is -0.150. The molecule has 31 heavy (non-hydrogen) atoms. The van der Waals surface area contributed by atoms with Crippen LogP contribution < -0.4 is 29.6 Å². The molecular formula is C22H43NaO7S. The zero-order valence-corrected chi connectivity index (χ0v) is 23.5. The fourth-order valence-electron chi connectivity index (χ4n) is 3.04. The van der Waals surface area contributed by atoms with Crippen LogP contribution in [0.15, 0.2) is 11.9 Å². The van der Waals surface area contributed by atoms with Crippen molar-refractivity contribution in [1.29, 1.82) is 0 Å². The van der Waals surface area contributed by atoms with E-state index in [0.717, 1.165) is 19.3 Å². The Bertz CT molecular complexity index is 558. The van der Waals surface area contributed by atoms with E-state index in [2.05, 4.69) is 6.92 Å². The minimum atomic E-state index is -4.75. The summed E-state index contributed by atoms with van der Waals surface area (Å²) in [5.41, 5.74) is 0. The topological polar surface area (TPSA) is 94.1 Å². The molecule has 0 aromatic carbocycles. The summed E-state index contributed by atoms with van der Waals surface area (Å²) in [7, 11) is -4.75. The molecule has 0 rings (SSSR count). The molecule has 0 fully saturated rings. The van der Waals surface area contributed by atoms with Gasteiger partial charge < -0.3 is 23.5 Å². The van der Waals surface area contributed by atoms with Gasteiger partial charge in [-0.2, -0.15) is 0 Å². The fourth-order valence-corrected chi connectivity index (χ4v) is 3.61. The summed E-state index contributed by atoms with van der Waals surface area (Å²) in [5.74, 6) is -0.241. The summed E-state index contributed by atoms with van der Waals surface area (Å²) in [5, 5.41) is 0. The summed E-state index contributed by atoms with van der Waals surface area (Å²) >= 11 is 0. The molecule has 0 spiro atoms. The summed E-state index contributed by atoms with van der Waals surface area (Å²) < 4.78 is 57.7. The summed E-state index contributed by atoms with van der Waals surface area (Å²) in [4.78, 5) is -1.95. The smallest absolute Gasteiger partial charge is 0.745 e. The third-order valence-corrected chi connectivity index (χ3v) is 6.16. The van der Waals surface area contributed by atoms with E-state index in [1.807, 2.05) is 0 Å². The predicted octanol–water partition coefficient (Wildman–Crippen LogP) is 2.82. The molecule has 0 heterocycles. The molecule has 9 heteroatoms. The molecule has 0 amide bonds. The second kappa shape index (κ2) is 19.3. The van der Waals surface area contributed by atoms with Gasteiger partial charge in [0.05, 0.1) is 19.8 Å². The van der Waals surface area contributed by atoms with E-state index in [-0.39, 0.29) is 67.7 Å². The summed E-state index contributed by atoms with van der Waals surface area (Å²) in [6.45, 7) is 9.53. The first kappa shape index (κ1) is 33.0. The van der Waals surface area contributed by atoms with Crippen molar-refractivity contribution in [2.24, 2.45) is 0 Å². The van der Waals surface area contributed by atoms with Crippen molar-refractivity contribution in [3.05, 3.63) is 11.9 Å². The van der Waals surface area contributed by atoms with Gasteiger partial charge in [0, 0.05) is 6.42 Å². The average Bonchev–Trinajstić information content (AvgIpc) is 2.68. The van der Waals surface area contributed by atoms with Gasteiger partial charge >= 0.3 is 41.4 Å². The SMILES string of the molecule is CCCCCCCCCCCCC(C)(OC(OCC)=C(OCC)OCC)S(=O)(=O)[O-].[Na+]. The molecule has 0 bridgehead atoms. The first-order valence-corrected chi connectivity index (χ1v) is 12.9. The molecule has 1 unspecified atom stereocenters. The van der Waals surface area contributed by atoms with Gasteiger partial charge in [0.25, 0.3) is 0 Å². The number of hydrogen-bond donors (Lipinski definition) is 0. The van der Waals surface area contributed by atoms with Crippen LogP contribution in [0.3, 0.4) is 0 Å². The first-order valence-electron chi connectivity index (χ1n) is 11.5. The Labute approximate surface area is 212 Å². The maximum absolute atomic E-state index is 12.0. The minimum absolute atomic E-state index is 0. The van der Waals surface area contributed by atoms with E-state index in [9.17, 15) is 13.0 Å². The number of rotatable bonds is 20. The van der Waals surface area contributed by atoms with E-state index in [1.54, 1.807) is 20.8 Å². The maximum atomic E-state index is 12.0. The summed E-state index contributed by atoms with van der Waals surface area (Å²) in [6.07, 6.45) is 11.2. The molecule has 0 radical (unpaired) electrons.